The molecular weight excluding hydrogens is 276 g/mol. The van der Waals surface area contributed by atoms with Crippen LogP contribution >= 0.6 is 0 Å². The van der Waals surface area contributed by atoms with Gasteiger partial charge in [-0.25, -0.2) is 0 Å². The van der Waals surface area contributed by atoms with E-state index in [4.69, 9.17) is 0 Å². The summed E-state index contributed by atoms with van der Waals surface area (Å²) in [5.41, 5.74) is 0.461. The largest absolute Gasteiger partial charge is 0.366 e. The van der Waals surface area contributed by atoms with E-state index in [1.807, 2.05) is 11.0 Å². The highest BCUT2D eigenvalue weighted by Crippen LogP contribution is 2.21. The summed E-state index contributed by atoms with van der Waals surface area (Å²) in [7, 11) is 0. The maximum absolute atomic E-state index is 12.4. The van der Waals surface area contributed by atoms with Gasteiger partial charge >= 0.3 is 0 Å². The van der Waals surface area contributed by atoms with Gasteiger partial charge in [0.25, 0.3) is 5.91 Å². The van der Waals surface area contributed by atoms with Gasteiger partial charge in [0.1, 0.15) is 5.82 Å². The minimum Gasteiger partial charge on any atom is -0.366 e. The number of likely N-dealkylation sites (tertiary alicyclic amines) is 1. The Morgan fingerprint density at radius 1 is 1.14 bits per heavy atom. The summed E-state index contributed by atoms with van der Waals surface area (Å²) >= 11 is 0. The topological polar surface area (TPSA) is 58.1 Å². The van der Waals surface area contributed by atoms with Gasteiger partial charge in [-0.05, 0) is 43.7 Å². The molecule has 1 atom stereocenters. The SMILES string of the molecule is CC1CCCN(C(=O)c2ccc(NC3CCCCC3)nn2)C1. The number of carbonyl (C=O) groups is 1. The molecule has 1 aromatic rings. The molecule has 2 fully saturated rings. The molecule has 1 saturated heterocycles. The van der Waals surface area contributed by atoms with E-state index in [9.17, 15) is 4.79 Å². The van der Waals surface area contributed by atoms with Gasteiger partial charge < -0.3 is 10.2 Å². The Bertz CT molecular complexity index is 496. The quantitative estimate of drug-likeness (QED) is 0.932. The minimum atomic E-state index is 0.0169. The van der Waals surface area contributed by atoms with E-state index in [1.54, 1.807) is 6.07 Å². The van der Waals surface area contributed by atoms with Crippen LogP contribution in [0.4, 0.5) is 5.82 Å². The van der Waals surface area contributed by atoms with E-state index in [0.29, 0.717) is 17.7 Å². The second-order valence-corrected chi connectivity index (χ2v) is 6.78. The van der Waals surface area contributed by atoms with Gasteiger partial charge in [-0.15, -0.1) is 10.2 Å². The van der Waals surface area contributed by atoms with Crippen molar-refractivity contribution in [3.05, 3.63) is 17.8 Å². The summed E-state index contributed by atoms with van der Waals surface area (Å²) in [5, 5.41) is 11.8. The zero-order chi connectivity index (χ0) is 15.4. The van der Waals surface area contributed by atoms with Crippen molar-refractivity contribution in [1.29, 1.82) is 0 Å². The molecule has 0 bridgehead atoms. The average Bonchev–Trinajstić information content (AvgIpc) is 2.56. The van der Waals surface area contributed by atoms with E-state index in [0.717, 1.165) is 25.3 Å². The molecule has 1 saturated carbocycles. The van der Waals surface area contributed by atoms with Crippen molar-refractivity contribution >= 4 is 11.7 Å². The first kappa shape index (κ1) is 15.3. The second kappa shape index (κ2) is 7.07. The summed E-state index contributed by atoms with van der Waals surface area (Å²) in [6.45, 7) is 3.87. The van der Waals surface area contributed by atoms with Gasteiger partial charge in [-0.3, -0.25) is 4.79 Å². The first-order valence-corrected chi connectivity index (χ1v) is 8.62. The van der Waals surface area contributed by atoms with Crippen molar-refractivity contribution in [3.8, 4) is 0 Å². The van der Waals surface area contributed by atoms with E-state index < -0.39 is 0 Å². The second-order valence-electron chi connectivity index (χ2n) is 6.78. The molecule has 1 aliphatic heterocycles. The molecule has 5 nitrogen and oxygen atoms in total. The number of anilines is 1. The molecule has 2 aliphatic rings. The molecule has 0 aromatic carbocycles. The van der Waals surface area contributed by atoms with Gasteiger partial charge in [-0.1, -0.05) is 26.2 Å². The minimum absolute atomic E-state index is 0.0169. The molecule has 1 amide bonds. The molecule has 0 spiro atoms. The Balaban J connectivity index is 1.59. The van der Waals surface area contributed by atoms with Crippen LogP contribution in [0.25, 0.3) is 0 Å². The number of nitrogens with zero attached hydrogens (tertiary/aromatic N) is 3. The summed E-state index contributed by atoms with van der Waals surface area (Å²) in [6, 6.07) is 4.20. The highest BCUT2D eigenvalue weighted by Gasteiger charge is 2.23. The molecule has 120 valence electrons. The lowest BCUT2D eigenvalue weighted by atomic mass is 9.95. The van der Waals surface area contributed by atoms with Crippen molar-refractivity contribution in [2.24, 2.45) is 5.92 Å². The number of piperidine rings is 1. The highest BCUT2D eigenvalue weighted by atomic mass is 16.2. The monoisotopic (exact) mass is 302 g/mol. The molecule has 0 radical (unpaired) electrons. The Hall–Kier alpha value is -1.65. The Morgan fingerprint density at radius 2 is 1.95 bits per heavy atom. The third kappa shape index (κ3) is 3.76. The zero-order valence-electron chi connectivity index (χ0n) is 13.4. The molecule has 5 heteroatoms. The zero-order valence-corrected chi connectivity index (χ0v) is 13.4. The maximum atomic E-state index is 12.4. The van der Waals surface area contributed by atoms with Gasteiger partial charge in [0.2, 0.25) is 0 Å². The Kier molecular flexibility index (Phi) is 4.90. The van der Waals surface area contributed by atoms with E-state index in [2.05, 4.69) is 22.4 Å². The van der Waals surface area contributed by atoms with Gasteiger partial charge in [0.05, 0.1) is 0 Å². The van der Waals surface area contributed by atoms with Crippen LogP contribution in [0.15, 0.2) is 12.1 Å². The number of carbonyl (C=O) groups excluding carboxylic acids is 1. The van der Waals surface area contributed by atoms with E-state index in [-0.39, 0.29) is 5.91 Å². The maximum Gasteiger partial charge on any atom is 0.274 e. The van der Waals surface area contributed by atoms with Crippen LogP contribution in [0.3, 0.4) is 0 Å². The van der Waals surface area contributed by atoms with Crippen molar-refractivity contribution in [2.75, 3.05) is 18.4 Å². The lowest BCUT2D eigenvalue weighted by Gasteiger charge is -2.30. The molecule has 3 rings (SSSR count). The summed E-state index contributed by atoms with van der Waals surface area (Å²) in [6.07, 6.45) is 8.61. The fraction of sp³-hybridized carbons (Fsp3) is 0.706. The van der Waals surface area contributed by atoms with Crippen molar-refractivity contribution in [1.82, 2.24) is 15.1 Å². The first-order valence-electron chi connectivity index (χ1n) is 8.62. The van der Waals surface area contributed by atoms with Crippen LogP contribution in [0.2, 0.25) is 0 Å². The predicted octanol–water partition coefficient (Wildman–Crippen LogP) is 3.09. The Morgan fingerprint density at radius 3 is 2.64 bits per heavy atom. The van der Waals surface area contributed by atoms with Gasteiger partial charge in [0, 0.05) is 19.1 Å². The summed E-state index contributed by atoms with van der Waals surface area (Å²) in [5.74, 6) is 1.39. The number of aromatic nitrogens is 2. The molecule has 1 N–H and O–H groups in total. The van der Waals surface area contributed by atoms with Crippen LogP contribution in [0.1, 0.15) is 62.4 Å². The molecule has 1 aromatic heterocycles. The first-order chi connectivity index (χ1) is 10.7. The molecular formula is C17H26N4O. The van der Waals surface area contributed by atoms with Gasteiger partial charge in [-0.2, -0.15) is 0 Å². The lowest BCUT2D eigenvalue weighted by molar-refractivity contribution is 0.0676. The fourth-order valence-electron chi connectivity index (χ4n) is 3.52. The number of hydrogen-bond donors (Lipinski definition) is 1. The predicted molar refractivity (Wildman–Crippen MR) is 86.8 cm³/mol. The normalized spacial score (nSPS) is 23.3. The van der Waals surface area contributed by atoms with Gasteiger partial charge in [0.15, 0.2) is 5.69 Å². The third-order valence-corrected chi connectivity index (χ3v) is 4.79. The van der Waals surface area contributed by atoms with Crippen molar-refractivity contribution in [2.45, 2.75) is 57.9 Å². The molecule has 1 aliphatic carbocycles. The van der Waals surface area contributed by atoms with Crippen LogP contribution in [-0.4, -0.2) is 40.1 Å². The van der Waals surface area contributed by atoms with Crippen LogP contribution < -0.4 is 5.32 Å². The van der Waals surface area contributed by atoms with Crippen LogP contribution in [0.5, 0.6) is 0 Å². The fourth-order valence-corrected chi connectivity index (χ4v) is 3.52. The molecule has 1 unspecified atom stereocenters. The summed E-state index contributed by atoms with van der Waals surface area (Å²) < 4.78 is 0. The number of rotatable bonds is 3. The molecule has 22 heavy (non-hydrogen) atoms. The number of hydrogen-bond acceptors (Lipinski definition) is 4. The highest BCUT2D eigenvalue weighted by molar-refractivity contribution is 5.92. The average molecular weight is 302 g/mol. The smallest absolute Gasteiger partial charge is 0.274 e. The number of amides is 1. The van der Waals surface area contributed by atoms with Crippen molar-refractivity contribution < 1.29 is 4.79 Å². The lowest BCUT2D eigenvalue weighted by Crippen LogP contribution is -2.39. The molecule has 2 heterocycles. The van der Waals surface area contributed by atoms with Crippen molar-refractivity contribution in [3.63, 3.8) is 0 Å². The van der Waals surface area contributed by atoms with Crippen LogP contribution in [0, 0.1) is 5.92 Å². The van der Waals surface area contributed by atoms with E-state index >= 15 is 0 Å². The summed E-state index contributed by atoms with van der Waals surface area (Å²) in [4.78, 5) is 14.4. The number of nitrogens with one attached hydrogen (secondary N) is 1. The van der Waals surface area contributed by atoms with Crippen LogP contribution in [-0.2, 0) is 0 Å². The third-order valence-electron chi connectivity index (χ3n) is 4.79. The van der Waals surface area contributed by atoms with E-state index in [1.165, 1.54) is 38.5 Å². The Labute approximate surface area is 132 Å². The standard InChI is InChI=1S/C17H26N4O/c1-13-6-5-11-21(12-13)17(22)15-9-10-16(20-19-15)18-14-7-3-2-4-8-14/h9-10,13-14H,2-8,11-12H2,1H3,(H,18,20).